The molecule has 0 spiro atoms. The molecule has 9 nitrogen and oxygen atoms in total. The number of nitrogens with one attached hydrogen (secondary N) is 2. The Bertz CT molecular complexity index is 1260. The molecule has 3 aromatic rings. The molecule has 1 aromatic heterocycles. The predicted molar refractivity (Wildman–Crippen MR) is 141 cm³/mol. The van der Waals surface area contributed by atoms with E-state index in [2.05, 4.69) is 20.4 Å². The molecule has 1 aliphatic rings. The van der Waals surface area contributed by atoms with Gasteiger partial charge in [-0.25, -0.2) is 14.6 Å². The van der Waals surface area contributed by atoms with Gasteiger partial charge in [-0.1, -0.05) is 23.7 Å². The smallest absolute Gasteiger partial charge is 0.411 e. The Kier molecular flexibility index (Phi) is 9.71. The van der Waals surface area contributed by atoms with Gasteiger partial charge in [0.2, 0.25) is 0 Å². The SMILES string of the molecule is COC(=O)Nc1cc(Oc2ccc3c(c2)C[C@@H](NC[C@H](O)c2ccc(Cl)nc2)CC3)cc(C(=O)O)c1.Cl. The number of methoxy groups -OCH3 is 1. The van der Waals surface area contributed by atoms with Crippen molar-refractivity contribution >= 4 is 41.8 Å². The Hall–Kier alpha value is -3.37. The minimum absolute atomic E-state index is 0. The molecule has 0 saturated heterocycles. The highest BCUT2D eigenvalue weighted by Gasteiger charge is 2.21. The topological polar surface area (TPSA) is 130 Å². The minimum Gasteiger partial charge on any atom is -0.478 e. The number of halogens is 2. The number of hydrogen-bond acceptors (Lipinski definition) is 7. The van der Waals surface area contributed by atoms with Gasteiger partial charge in [-0.15, -0.1) is 12.4 Å². The fraction of sp³-hybridized carbons (Fsp3) is 0.269. The van der Waals surface area contributed by atoms with Crippen LogP contribution in [0.25, 0.3) is 0 Å². The molecule has 0 unspecified atom stereocenters. The molecule has 37 heavy (non-hydrogen) atoms. The third kappa shape index (κ3) is 7.56. The zero-order valence-electron chi connectivity index (χ0n) is 19.9. The van der Waals surface area contributed by atoms with Crippen molar-refractivity contribution in [2.45, 2.75) is 31.4 Å². The van der Waals surface area contributed by atoms with Crippen LogP contribution in [-0.4, -0.2) is 47.0 Å². The molecule has 4 N–H and O–H groups in total. The van der Waals surface area contributed by atoms with Gasteiger partial charge in [0.25, 0.3) is 0 Å². The molecule has 2 atom stereocenters. The van der Waals surface area contributed by atoms with Crippen molar-refractivity contribution in [3.8, 4) is 11.5 Å². The number of ether oxygens (including phenoxy) is 2. The maximum absolute atomic E-state index is 11.6. The number of pyridine rings is 1. The van der Waals surface area contributed by atoms with Crippen LogP contribution in [0.2, 0.25) is 5.15 Å². The highest BCUT2D eigenvalue weighted by atomic mass is 35.5. The van der Waals surface area contributed by atoms with Gasteiger partial charge < -0.3 is 25.0 Å². The molecule has 1 heterocycles. The van der Waals surface area contributed by atoms with Crippen molar-refractivity contribution in [1.29, 1.82) is 0 Å². The maximum Gasteiger partial charge on any atom is 0.411 e. The predicted octanol–water partition coefficient (Wildman–Crippen LogP) is 5.01. The molecule has 0 saturated carbocycles. The van der Waals surface area contributed by atoms with Crippen LogP contribution in [0, 0.1) is 0 Å². The number of fused-ring (bicyclic) bond motifs is 1. The van der Waals surface area contributed by atoms with Crippen LogP contribution >= 0.6 is 24.0 Å². The fourth-order valence-electron chi connectivity index (χ4n) is 4.11. The van der Waals surface area contributed by atoms with Crippen molar-refractivity contribution in [2.24, 2.45) is 0 Å². The molecular formula is C26H27Cl2N3O6. The van der Waals surface area contributed by atoms with Crippen molar-refractivity contribution in [3.05, 3.63) is 82.1 Å². The van der Waals surface area contributed by atoms with Gasteiger partial charge in [0.15, 0.2) is 0 Å². The van der Waals surface area contributed by atoms with E-state index in [0.29, 0.717) is 23.0 Å². The van der Waals surface area contributed by atoms with E-state index in [-0.39, 0.29) is 35.4 Å². The number of carbonyl (C=O) groups is 2. The summed E-state index contributed by atoms with van der Waals surface area (Å²) in [4.78, 5) is 27.1. The summed E-state index contributed by atoms with van der Waals surface area (Å²) in [5.74, 6) is -0.330. The number of aliphatic hydroxyl groups excluding tert-OH is 1. The normalized spacial score (nSPS) is 15.1. The first kappa shape index (κ1) is 28.2. The molecule has 1 aliphatic carbocycles. The molecule has 11 heteroatoms. The van der Waals surface area contributed by atoms with Gasteiger partial charge in [-0.2, -0.15) is 0 Å². The lowest BCUT2D eigenvalue weighted by Crippen LogP contribution is -2.37. The second kappa shape index (κ2) is 12.7. The molecular weight excluding hydrogens is 521 g/mol. The summed E-state index contributed by atoms with van der Waals surface area (Å²) in [5.41, 5.74) is 3.24. The van der Waals surface area contributed by atoms with E-state index >= 15 is 0 Å². The molecule has 4 rings (SSSR count). The molecule has 0 fully saturated rings. The number of carboxylic acid groups (broad SMARTS) is 1. The van der Waals surface area contributed by atoms with E-state index in [1.807, 2.05) is 18.2 Å². The Balaban J connectivity index is 0.00000380. The average Bonchev–Trinajstić information content (AvgIpc) is 2.87. The number of amides is 1. The minimum atomic E-state index is -1.15. The number of aryl methyl sites for hydroxylation is 1. The molecule has 196 valence electrons. The summed E-state index contributed by atoms with van der Waals surface area (Å²) in [6, 6.07) is 13.6. The average molecular weight is 548 g/mol. The summed E-state index contributed by atoms with van der Waals surface area (Å²) in [6.07, 6.45) is 2.73. The lowest BCUT2D eigenvalue weighted by atomic mass is 9.88. The molecule has 0 bridgehead atoms. The van der Waals surface area contributed by atoms with Gasteiger partial charge in [-0.3, -0.25) is 5.32 Å². The molecule has 1 amide bonds. The van der Waals surface area contributed by atoms with Gasteiger partial charge in [0, 0.05) is 36.1 Å². The van der Waals surface area contributed by atoms with Crippen molar-refractivity contribution in [2.75, 3.05) is 19.0 Å². The number of benzene rings is 2. The Labute approximate surface area is 225 Å². The summed E-state index contributed by atoms with van der Waals surface area (Å²) < 4.78 is 10.5. The van der Waals surface area contributed by atoms with Crippen molar-refractivity contribution in [1.82, 2.24) is 10.3 Å². The number of aliphatic hydroxyl groups is 1. The molecule has 2 aromatic carbocycles. The number of nitrogens with zero attached hydrogens (tertiary/aromatic N) is 1. The highest BCUT2D eigenvalue weighted by Crippen LogP contribution is 2.31. The third-order valence-electron chi connectivity index (χ3n) is 5.96. The molecule has 0 aliphatic heterocycles. The summed E-state index contributed by atoms with van der Waals surface area (Å²) >= 11 is 5.82. The van der Waals surface area contributed by atoms with Crippen LogP contribution in [0.1, 0.15) is 39.6 Å². The van der Waals surface area contributed by atoms with Crippen LogP contribution in [0.3, 0.4) is 0 Å². The highest BCUT2D eigenvalue weighted by molar-refractivity contribution is 6.29. The number of hydrogen-bond donors (Lipinski definition) is 4. The number of aromatic carboxylic acids is 1. The van der Waals surface area contributed by atoms with E-state index < -0.39 is 18.2 Å². The summed E-state index contributed by atoms with van der Waals surface area (Å²) in [7, 11) is 1.22. The van der Waals surface area contributed by atoms with Gasteiger partial charge in [0.1, 0.15) is 16.7 Å². The fourth-order valence-corrected chi connectivity index (χ4v) is 4.22. The Morgan fingerprint density at radius 3 is 2.65 bits per heavy atom. The standard InChI is InChI=1S/C26H26ClN3O6.ClH/c1-35-26(34)30-20-9-18(25(32)33)11-22(12-20)36-21-6-3-15-2-5-19(8-17(15)10-21)28-14-23(31)16-4-7-24(27)29-13-16;/h3-4,6-7,9-13,19,23,28,31H,2,5,8,14H2,1H3,(H,30,34)(H,32,33);1H/t19-,23-;/m0./s1. The van der Waals surface area contributed by atoms with Crippen LogP contribution in [0.5, 0.6) is 11.5 Å². The number of carboxylic acids is 1. The Morgan fingerprint density at radius 2 is 1.95 bits per heavy atom. The lowest BCUT2D eigenvalue weighted by Gasteiger charge is -2.27. The molecule has 0 radical (unpaired) electrons. The zero-order chi connectivity index (χ0) is 25.7. The second-order valence-corrected chi connectivity index (χ2v) is 8.87. The number of aromatic nitrogens is 1. The third-order valence-corrected chi connectivity index (χ3v) is 6.19. The summed E-state index contributed by atoms with van der Waals surface area (Å²) in [5, 5.41) is 26.1. The van der Waals surface area contributed by atoms with E-state index in [4.69, 9.17) is 16.3 Å². The maximum atomic E-state index is 11.6. The van der Waals surface area contributed by atoms with E-state index in [0.717, 1.165) is 24.8 Å². The first-order chi connectivity index (χ1) is 17.3. The monoisotopic (exact) mass is 547 g/mol. The van der Waals surface area contributed by atoms with Crippen LogP contribution in [-0.2, 0) is 17.6 Å². The van der Waals surface area contributed by atoms with Gasteiger partial charge in [0.05, 0.1) is 18.8 Å². The number of anilines is 1. The van der Waals surface area contributed by atoms with E-state index in [1.165, 1.54) is 30.9 Å². The zero-order valence-corrected chi connectivity index (χ0v) is 21.5. The lowest BCUT2D eigenvalue weighted by molar-refractivity contribution is 0.0696. The number of carbonyl (C=O) groups excluding carboxylic acids is 1. The number of rotatable bonds is 8. The largest absolute Gasteiger partial charge is 0.478 e. The first-order valence-electron chi connectivity index (χ1n) is 11.4. The van der Waals surface area contributed by atoms with Crippen molar-refractivity contribution < 1.29 is 29.3 Å². The van der Waals surface area contributed by atoms with Gasteiger partial charge >= 0.3 is 12.1 Å². The van der Waals surface area contributed by atoms with Crippen LogP contribution in [0.4, 0.5) is 10.5 Å². The summed E-state index contributed by atoms with van der Waals surface area (Å²) in [6.45, 7) is 0.386. The van der Waals surface area contributed by atoms with Gasteiger partial charge in [-0.05, 0) is 60.7 Å². The van der Waals surface area contributed by atoms with E-state index in [1.54, 1.807) is 18.3 Å². The van der Waals surface area contributed by atoms with Crippen molar-refractivity contribution in [3.63, 3.8) is 0 Å². The van der Waals surface area contributed by atoms with E-state index in [9.17, 15) is 19.8 Å². The quantitative estimate of drug-likeness (QED) is 0.289. The second-order valence-electron chi connectivity index (χ2n) is 8.48. The van der Waals surface area contributed by atoms with Crippen LogP contribution in [0.15, 0.2) is 54.7 Å². The Morgan fingerprint density at radius 1 is 1.14 bits per heavy atom. The first-order valence-corrected chi connectivity index (χ1v) is 11.7. The van der Waals surface area contributed by atoms with Crippen LogP contribution < -0.4 is 15.4 Å².